The van der Waals surface area contributed by atoms with Crippen LogP contribution in [0, 0.1) is 13.8 Å². The molecule has 118 valence electrons. The van der Waals surface area contributed by atoms with E-state index in [1.807, 2.05) is 0 Å². The van der Waals surface area contributed by atoms with Gasteiger partial charge in [-0.15, -0.1) is 10.2 Å². The molecule has 1 atom stereocenters. The van der Waals surface area contributed by atoms with Gasteiger partial charge in [0, 0.05) is 26.1 Å². The molecule has 1 aromatic carbocycles. The van der Waals surface area contributed by atoms with Crippen LogP contribution in [0.5, 0.6) is 0 Å². The summed E-state index contributed by atoms with van der Waals surface area (Å²) in [5.41, 5.74) is 2.80. The summed E-state index contributed by atoms with van der Waals surface area (Å²) in [6.07, 6.45) is 1.36. The Bertz CT molecular complexity index is 620. The molecular weight excluding hydrogens is 278 g/mol. The third-order valence-corrected chi connectivity index (χ3v) is 4.29. The van der Waals surface area contributed by atoms with E-state index in [1.54, 1.807) is 6.92 Å². The normalized spacial score (nSPS) is 17.4. The first-order valence-electron chi connectivity index (χ1n) is 7.81. The van der Waals surface area contributed by atoms with Crippen LogP contribution in [0.3, 0.4) is 0 Å². The molecule has 1 aromatic heterocycles. The van der Waals surface area contributed by atoms with Gasteiger partial charge in [0.2, 0.25) is 11.8 Å². The van der Waals surface area contributed by atoms with E-state index in [4.69, 9.17) is 9.15 Å². The van der Waals surface area contributed by atoms with Crippen molar-refractivity contribution < 1.29 is 9.15 Å². The lowest BCUT2D eigenvalue weighted by Gasteiger charge is -2.42. The molecule has 1 aliphatic heterocycles. The van der Waals surface area contributed by atoms with E-state index in [-0.39, 0.29) is 6.10 Å². The maximum Gasteiger partial charge on any atom is 0.242 e. The van der Waals surface area contributed by atoms with Crippen molar-refractivity contribution in [3.63, 3.8) is 0 Å². The summed E-state index contributed by atoms with van der Waals surface area (Å²) < 4.78 is 11.1. The molecule has 0 bridgehead atoms. The van der Waals surface area contributed by atoms with Gasteiger partial charge in [-0.3, -0.25) is 4.90 Å². The molecular formula is C17H23N3O2. The molecule has 1 saturated heterocycles. The number of hydrogen-bond donors (Lipinski definition) is 0. The minimum absolute atomic E-state index is 0.270. The van der Waals surface area contributed by atoms with Gasteiger partial charge in [-0.25, -0.2) is 0 Å². The van der Waals surface area contributed by atoms with E-state index in [9.17, 15) is 0 Å². The minimum atomic E-state index is 0.270. The van der Waals surface area contributed by atoms with E-state index < -0.39 is 0 Å². The average molecular weight is 301 g/mol. The Labute approximate surface area is 131 Å². The molecule has 0 spiro atoms. The lowest BCUT2D eigenvalue weighted by atomic mass is 9.98. The predicted molar refractivity (Wildman–Crippen MR) is 83.5 cm³/mol. The fourth-order valence-corrected chi connectivity index (χ4v) is 2.81. The molecule has 0 radical (unpaired) electrons. The molecule has 1 unspecified atom stereocenters. The van der Waals surface area contributed by atoms with Crippen LogP contribution < -0.4 is 0 Å². The number of benzene rings is 1. The van der Waals surface area contributed by atoms with Crippen molar-refractivity contribution in [1.82, 2.24) is 15.1 Å². The number of ether oxygens (including phenoxy) is 1. The SMILES string of the molecule is Cc1nnc(COC2CN(C(C)Cc3ccccc3C)C2)o1. The van der Waals surface area contributed by atoms with Crippen molar-refractivity contribution in [2.75, 3.05) is 13.1 Å². The fraction of sp³-hybridized carbons (Fsp3) is 0.529. The Kier molecular flexibility index (Phi) is 4.55. The highest BCUT2D eigenvalue weighted by Crippen LogP contribution is 2.20. The molecule has 0 saturated carbocycles. The lowest BCUT2D eigenvalue weighted by Crippen LogP contribution is -2.56. The van der Waals surface area contributed by atoms with Crippen LogP contribution in [0.15, 0.2) is 28.7 Å². The Morgan fingerprint density at radius 2 is 2.05 bits per heavy atom. The summed E-state index contributed by atoms with van der Waals surface area (Å²) in [5, 5.41) is 7.74. The van der Waals surface area contributed by atoms with Gasteiger partial charge in [-0.2, -0.15) is 0 Å². The fourth-order valence-electron chi connectivity index (χ4n) is 2.81. The van der Waals surface area contributed by atoms with Gasteiger partial charge in [0.15, 0.2) is 0 Å². The average Bonchev–Trinajstić information content (AvgIpc) is 2.85. The molecule has 3 rings (SSSR count). The van der Waals surface area contributed by atoms with Crippen LogP contribution in [0.1, 0.15) is 29.8 Å². The van der Waals surface area contributed by atoms with Crippen molar-refractivity contribution >= 4 is 0 Å². The Balaban J connectivity index is 1.42. The predicted octanol–water partition coefficient (Wildman–Crippen LogP) is 2.52. The zero-order valence-electron chi connectivity index (χ0n) is 13.5. The number of nitrogens with zero attached hydrogens (tertiary/aromatic N) is 3. The topological polar surface area (TPSA) is 51.4 Å². The summed E-state index contributed by atoms with van der Waals surface area (Å²) in [5.74, 6) is 1.14. The molecule has 2 aromatic rings. The van der Waals surface area contributed by atoms with Crippen LogP contribution in [-0.4, -0.2) is 40.3 Å². The van der Waals surface area contributed by atoms with Crippen LogP contribution in [0.25, 0.3) is 0 Å². The zero-order chi connectivity index (χ0) is 15.5. The number of aromatic nitrogens is 2. The summed E-state index contributed by atoms with van der Waals surface area (Å²) >= 11 is 0. The maximum absolute atomic E-state index is 5.79. The van der Waals surface area contributed by atoms with E-state index in [1.165, 1.54) is 11.1 Å². The van der Waals surface area contributed by atoms with Gasteiger partial charge in [0.25, 0.3) is 0 Å². The van der Waals surface area contributed by atoms with Gasteiger partial charge in [-0.05, 0) is 31.4 Å². The van der Waals surface area contributed by atoms with Crippen LogP contribution in [0.4, 0.5) is 0 Å². The summed E-state index contributed by atoms with van der Waals surface area (Å²) in [6.45, 7) is 8.60. The highest BCUT2D eigenvalue weighted by molar-refractivity contribution is 5.26. The Hall–Kier alpha value is -1.72. The molecule has 5 nitrogen and oxygen atoms in total. The first kappa shape index (κ1) is 15.2. The number of rotatable bonds is 6. The van der Waals surface area contributed by atoms with Gasteiger partial charge in [0.05, 0.1) is 6.10 Å². The van der Waals surface area contributed by atoms with Crippen molar-refractivity contribution in [1.29, 1.82) is 0 Å². The first-order valence-corrected chi connectivity index (χ1v) is 7.81. The molecule has 0 amide bonds. The minimum Gasteiger partial charge on any atom is -0.423 e. The largest absolute Gasteiger partial charge is 0.423 e. The highest BCUT2D eigenvalue weighted by atomic mass is 16.5. The molecule has 5 heteroatoms. The quantitative estimate of drug-likeness (QED) is 0.820. The van der Waals surface area contributed by atoms with Crippen molar-refractivity contribution in [3.05, 3.63) is 47.2 Å². The maximum atomic E-state index is 5.79. The molecule has 0 N–H and O–H groups in total. The first-order chi connectivity index (χ1) is 10.6. The second kappa shape index (κ2) is 6.58. The van der Waals surface area contributed by atoms with E-state index >= 15 is 0 Å². The Morgan fingerprint density at radius 1 is 1.27 bits per heavy atom. The monoisotopic (exact) mass is 301 g/mol. The van der Waals surface area contributed by atoms with Crippen LogP contribution in [-0.2, 0) is 17.8 Å². The summed E-state index contributed by atoms with van der Waals surface area (Å²) in [6, 6.07) is 9.14. The van der Waals surface area contributed by atoms with Gasteiger partial charge >= 0.3 is 0 Å². The van der Waals surface area contributed by atoms with Gasteiger partial charge in [0.1, 0.15) is 6.61 Å². The molecule has 22 heavy (non-hydrogen) atoms. The van der Waals surface area contributed by atoms with Gasteiger partial charge in [-0.1, -0.05) is 24.3 Å². The van der Waals surface area contributed by atoms with E-state index in [0.717, 1.165) is 19.5 Å². The molecule has 2 heterocycles. The van der Waals surface area contributed by atoms with E-state index in [0.29, 0.717) is 24.4 Å². The standard InChI is InChI=1S/C17H23N3O2/c1-12-6-4-5-7-15(12)8-13(2)20-9-16(10-20)21-11-17-19-18-14(3)22-17/h4-7,13,16H,8-11H2,1-3H3. The third kappa shape index (κ3) is 3.54. The zero-order valence-corrected chi connectivity index (χ0v) is 13.5. The number of hydrogen-bond acceptors (Lipinski definition) is 5. The van der Waals surface area contributed by atoms with Crippen molar-refractivity contribution in [3.8, 4) is 0 Å². The lowest BCUT2D eigenvalue weighted by molar-refractivity contribution is -0.0813. The molecule has 1 aliphatic rings. The van der Waals surface area contributed by atoms with Crippen LogP contribution >= 0.6 is 0 Å². The van der Waals surface area contributed by atoms with E-state index in [2.05, 4.69) is 53.2 Å². The second-order valence-electron chi connectivity index (χ2n) is 6.08. The molecule has 0 aliphatic carbocycles. The molecule has 1 fully saturated rings. The number of aryl methyl sites for hydroxylation is 2. The van der Waals surface area contributed by atoms with Crippen molar-refractivity contribution in [2.24, 2.45) is 0 Å². The third-order valence-electron chi connectivity index (χ3n) is 4.29. The Morgan fingerprint density at radius 3 is 2.73 bits per heavy atom. The second-order valence-corrected chi connectivity index (χ2v) is 6.08. The number of likely N-dealkylation sites (tertiary alicyclic amines) is 1. The highest BCUT2D eigenvalue weighted by Gasteiger charge is 2.31. The summed E-state index contributed by atoms with van der Waals surface area (Å²) in [7, 11) is 0. The van der Waals surface area contributed by atoms with Crippen molar-refractivity contribution in [2.45, 2.75) is 45.9 Å². The van der Waals surface area contributed by atoms with Gasteiger partial charge < -0.3 is 9.15 Å². The van der Waals surface area contributed by atoms with Crippen LogP contribution in [0.2, 0.25) is 0 Å². The summed E-state index contributed by atoms with van der Waals surface area (Å²) in [4.78, 5) is 2.45. The smallest absolute Gasteiger partial charge is 0.242 e.